The molecule has 0 aliphatic carbocycles. The van der Waals surface area contributed by atoms with Crippen molar-refractivity contribution in [3.05, 3.63) is 72.8 Å². The topological polar surface area (TPSA) is 68.8 Å². The van der Waals surface area contributed by atoms with Crippen LogP contribution < -0.4 is 24.8 Å². The van der Waals surface area contributed by atoms with Crippen LogP contribution in [0.2, 0.25) is 0 Å². The number of para-hydroxylation sites is 3. The highest BCUT2D eigenvalue weighted by molar-refractivity contribution is 5.95. The zero-order valence-electron chi connectivity index (χ0n) is 15.8. The lowest BCUT2D eigenvalue weighted by molar-refractivity contribution is -0.114. The number of benzene rings is 3. The monoisotopic (exact) mass is 378 g/mol. The van der Waals surface area contributed by atoms with Gasteiger partial charge in [-0.15, -0.1) is 0 Å². The van der Waals surface area contributed by atoms with Gasteiger partial charge >= 0.3 is 0 Å². The lowest BCUT2D eigenvalue weighted by Gasteiger charge is -2.14. The Morgan fingerprint density at radius 1 is 0.786 bits per heavy atom. The summed E-state index contributed by atoms with van der Waals surface area (Å²) in [7, 11) is 3.16. The van der Waals surface area contributed by atoms with Crippen LogP contribution >= 0.6 is 0 Å². The fourth-order valence-electron chi connectivity index (χ4n) is 2.60. The number of carbonyl (C=O) groups excluding carboxylic acids is 1. The highest BCUT2D eigenvalue weighted by atomic mass is 16.5. The molecular formula is C22H22N2O4. The average molecular weight is 378 g/mol. The Balaban J connectivity index is 1.66. The number of nitrogens with one attached hydrogen (secondary N) is 2. The van der Waals surface area contributed by atoms with Crippen molar-refractivity contribution in [2.75, 3.05) is 31.4 Å². The van der Waals surface area contributed by atoms with Crippen molar-refractivity contribution in [2.24, 2.45) is 0 Å². The molecule has 0 aliphatic rings. The van der Waals surface area contributed by atoms with Gasteiger partial charge in [0.05, 0.1) is 32.1 Å². The minimum absolute atomic E-state index is 0.0587. The van der Waals surface area contributed by atoms with Gasteiger partial charge < -0.3 is 24.8 Å². The maximum absolute atomic E-state index is 12.4. The Hall–Kier alpha value is -3.67. The molecule has 0 atom stereocenters. The Labute approximate surface area is 164 Å². The quantitative estimate of drug-likeness (QED) is 0.602. The number of amides is 1. The van der Waals surface area contributed by atoms with Gasteiger partial charge in [0.1, 0.15) is 17.2 Å². The van der Waals surface area contributed by atoms with Gasteiger partial charge in [0.2, 0.25) is 5.91 Å². The number of anilines is 2. The van der Waals surface area contributed by atoms with Crippen LogP contribution in [0.25, 0.3) is 0 Å². The van der Waals surface area contributed by atoms with Gasteiger partial charge in [-0.05, 0) is 36.4 Å². The molecule has 0 unspecified atom stereocenters. The normalized spacial score (nSPS) is 10.1. The molecule has 28 heavy (non-hydrogen) atoms. The van der Waals surface area contributed by atoms with Gasteiger partial charge in [-0.25, -0.2) is 0 Å². The molecule has 0 saturated heterocycles. The van der Waals surface area contributed by atoms with Crippen LogP contribution in [0, 0.1) is 0 Å². The second-order valence-corrected chi connectivity index (χ2v) is 5.88. The van der Waals surface area contributed by atoms with Crippen molar-refractivity contribution in [3.63, 3.8) is 0 Å². The molecule has 3 aromatic carbocycles. The van der Waals surface area contributed by atoms with E-state index in [2.05, 4.69) is 10.6 Å². The zero-order chi connectivity index (χ0) is 19.8. The molecular weight excluding hydrogens is 356 g/mol. The molecule has 144 valence electrons. The minimum Gasteiger partial charge on any atom is -0.497 e. The van der Waals surface area contributed by atoms with E-state index in [9.17, 15) is 4.79 Å². The standard InChI is InChI=1S/C22H22N2O4/c1-26-17-12-13-20(27-2)19(14-17)23-15-22(25)24-18-10-6-7-11-21(18)28-16-8-4-3-5-9-16/h3-14,23H,15H2,1-2H3,(H,24,25). The first-order chi connectivity index (χ1) is 13.7. The number of rotatable bonds is 8. The third-order valence-corrected chi connectivity index (χ3v) is 3.98. The van der Waals surface area contributed by atoms with Crippen molar-refractivity contribution in [3.8, 4) is 23.0 Å². The van der Waals surface area contributed by atoms with Crippen molar-refractivity contribution < 1.29 is 19.0 Å². The molecule has 0 fully saturated rings. The Kier molecular flexibility index (Phi) is 6.36. The van der Waals surface area contributed by atoms with Crippen molar-refractivity contribution in [1.29, 1.82) is 0 Å². The summed E-state index contributed by atoms with van der Waals surface area (Å²) >= 11 is 0. The molecule has 0 aliphatic heterocycles. The maximum Gasteiger partial charge on any atom is 0.243 e. The third-order valence-electron chi connectivity index (χ3n) is 3.98. The van der Waals surface area contributed by atoms with Crippen LogP contribution in [0.1, 0.15) is 0 Å². The molecule has 3 rings (SSSR count). The highest BCUT2D eigenvalue weighted by Gasteiger charge is 2.10. The Morgan fingerprint density at radius 3 is 2.29 bits per heavy atom. The summed E-state index contributed by atoms with van der Waals surface area (Å²) in [6, 6.07) is 22.1. The zero-order valence-corrected chi connectivity index (χ0v) is 15.8. The molecule has 6 heteroatoms. The molecule has 6 nitrogen and oxygen atoms in total. The maximum atomic E-state index is 12.4. The first kappa shape index (κ1) is 19.1. The van der Waals surface area contributed by atoms with Crippen LogP contribution in [0.15, 0.2) is 72.8 Å². The van der Waals surface area contributed by atoms with E-state index in [1.165, 1.54) is 0 Å². The number of carbonyl (C=O) groups is 1. The summed E-state index contributed by atoms with van der Waals surface area (Å²) in [5.74, 6) is 2.35. The number of hydrogen-bond acceptors (Lipinski definition) is 5. The van der Waals surface area contributed by atoms with Crippen LogP contribution in [0.3, 0.4) is 0 Å². The fraction of sp³-hybridized carbons (Fsp3) is 0.136. The van der Waals surface area contributed by atoms with Crippen molar-refractivity contribution in [1.82, 2.24) is 0 Å². The second kappa shape index (κ2) is 9.32. The van der Waals surface area contributed by atoms with E-state index in [1.54, 1.807) is 44.6 Å². The van der Waals surface area contributed by atoms with Gasteiger partial charge in [0.25, 0.3) is 0 Å². The van der Waals surface area contributed by atoms with Gasteiger partial charge in [0.15, 0.2) is 5.75 Å². The number of ether oxygens (including phenoxy) is 3. The van der Waals surface area contributed by atoms with Crippen LogP contribution in [0.5, 0.6) is 23.0 Å². The molecule has 0 saturated carbocycles. The van der Waals surface area contributed by atoms with Gasteiger partial charge in [-0.1, -0.05) is 30.3 Å². The van der Waals surface area contributed by atoms with E-state index in [0.717, 1.165) is 0 Å². The predicted molar refractivity (Wildman–Crippen MR) is 110 cm³/mol. The second-order valence-electron chi connectivity index (χ2n) is 5.88. The molecule has 0 heterocycles. The summed E-state index contributed by atoms with van der Waals surface area (Å²) in [6.45, 7) is 0.0587. The van der Waals surface area contributed by atoms with E-state index in [-0.39, 0.29) is 12.5 Å². The average Bonchev–Trinajstić information content (AvgIpc) is 2.74. The van der Waals surface area contributed by atoms with Crippen molar-refractivity contribution in [2.45, 2.75) is 0 Å². The summed E-state index contributed by atoms with van der Waals surface area (Å²) in [6.07, 6.45) is 0. The molecule has 2 N–H and O–H groups in total. The van der Waals surface area contributed by atoms with Crippen LogP contribution in [-0.4, -0.2) is 26.7 Å². The SMILES string of the molecule is COc1ccc(OC)c(NCC(=O)Nc2ccccc2Oc2ccccc2)c1. The lowest BCUT2D eigenvalue weighted by atomic mass is 10.2. The fourth-order valence-corrected chi connectivity index (χ4v) is 2.60. The van der Waals surface area contributed by atoms with E-state index in [4.69, 9.17) is 14.2 Å². The number of methoxy groups -OCH3 is 2. The molecule has 0 spiro atoms. The summed E-state index contributed by atoms with van der Waals surface area (Å²) in [5, 5.41) is 5.94. The molecule has 3 aromatic rings. The smallest absolute Gasteiger partial charge is 0.243 e. The van der Waals surface area contributed by atoms with Crippen LogP contribution in [0.4, 0.5) is 11.4 Å². The van der Waals surface area contributed by atoms with Crippen LogP contribution in [-0.2, 0) is 4.79 Å². The molecule has 1 amide bonds. The molecule has 0 aromatic heterocycles. The third kappa shape index (κ3) is 4.94. The Morgan fingerprint density at radius 2 is 1.54 bits per heavy atom. The largest absolute Gasteiger partial charge is 0.497 e. The van der Waals surface area contributed by atoms with Gasteiger partial charge in [-0.2, -0.15) is 0 Å². The summed E-state index contributed by atoms with van der Waals surface area (Å²) in [5.41, 5.74) is 1.27. The van der Waals surface area contributed by atoms with Gasteiger partial charge in [0, 0.05) is 6.07 Å². The van der Waals surface area contributed by atoms with Gasteiger partial charge in [-0.3, -0.25) is 4.79 Å². The number of hydrogen-bond donors (Lipinski definition) is 2. The van der Waals surface area contributed by atoms with E-state index in [1.807, 2.05) is 42.5 Å². The first-order valence-corrected chi connectivity index (χ1v) is 8.77. The predicted octanol–water partition coefficient (Wildman–Crippen LogP) is 4.55. The Bertz CT molecular complexity index is 929. The lowest BCUT2D eigenvalue weighted by Crippen LogP contribution is -2.22. The molecule has 0 bridgehead atoms. The first-order valence-electron chi connectivity index (χ1n) is 8.77. The molecule has 0 radical (unpaired) electrons. The van der Waals surface area contributed by atoms with E-state index >= 15 is 0 Å². The van der Waals surface area contributed by atoms with E-state index in [0.29, 0.717) is 34.4 Å². The highest BCUT2D eigenvalue weighted by Crippen LogP contribution is 2.30. The van der Waals surface area contributed by atoms with E-state index < -0.39 is 0 Å². The minimum atomic E-state index is -0.214. The summed E-state index contributed by atoms with van der Waals surface area (Å²) in [4.78, 5) is 12.4. The summed E-state index contributed by atoms with van der Waals surface area (Å²) < 4.78 is 16.4. The van der Waals surface area contributed by atoms with Crippen molar-refractivity contribution >= 4 is 17.3 Å².